The molecule has 5 nitrogen and oxygen atoms in total. The van der Waals surface area contributed by atoms with E-state index in [0.29, 0.717) is 0 Å². The first kappa shape index (κ1) is 19.1. The fourth-order valence-corrected chi connectivity index (χ4v) is 4.92. The molecule has 0 fully saturated rings. The van der Waals surface area contributed by atoms with Gasteiger partial charge < -0.3 is 10.2 Å². The fraction of sp³-hybridized carbons (Fsp3) is 0.364. The number of likely N-dealkylation sites (N-methyl/N-ethyl adjacent to an activating group) is 1. The third kappa shape index (κ3) is 3.68. The third-order valence-corrected chi connectivity index (χ3v) is 6.43. The summed E-state index contributed by atoms with van der Waals surface area (Å²) in [6.07, 6.45) is 1.80. The zero-order valence-corrected chi connectivity index (χ0v) is 17.5. The lowest BCUT2D eigenvalue weighted by molar-refractivity contribution is 0.297. The minimum Gasteiger partial charge on any atom is -0.345 e. The van der Waals surface area contributed by atoms with Crippen LogP contribution in [0.5, 0.6) is 0 Å². The van der Waals surface area contributed by atoms with Crippen molar-refractivity contribution in [3.8, 4) is 11.3 Å². The standard InChI is InChI=1S/C22H27N5S/c1-4-27(5-2)12-11-23-21-20-19(24-14-25-21)18-15(3)13-17(26-22(18)28-20)16-9-7-6-8-10-16/h6-10,13-14,21,23H,4-5,11-12H2,1-3H3,(H,24,25). The van der Waals surface area contributed by atoms with Gasteiger partial charge in [-0.25, -0.2) is 4.98 Å². The van der Waals surface area contributed by atoms with Gasteiger partial charge in [0.2, 0.25) is 0 Å². The fourth-order valence-electron chi connectivity index (χ4n) is 3.68. The van der Waals surface area contributed by atoms with Crippen LogP contribution in [-0.2, 0) is 0 Å². The molecular weight excluding hydrogens is 366 g/mol. The number of benzene rings is 1. The predicted octanol–water partition coefficient (Wildman–Crippen LogP) is 4.66. The van der Waals surface area contributed by atoms with Crippen molar-refractivity contribution in [2.45, 2.75) is 26.9 Å². The molecule has 0 saturated carbocycles. The Balaban J connectivity index is 1.63. The molecule has 2 N–H and O–H groups in total. The molecule has 0 spiro atoms. The van der Waals surface area contributed by atoms with Crippen LogP contribution in [-0.4, -0.2) is 42.4 Å². The van der Waals surface area contributed by atoms with E-state index < -0.39 is 0 Å². The lowest BCUT2D eigenvalue weighted by Crippen LogP contribution is -2.33. The first-order chi connectivity index (χ1) is 13.7. The minimum atomic E-state index is -0.00872. The zero-order chi connectivity index (χ0) is 19.5. The highest BCUT2D eigenvalue weighted by Crippen LogP contribution is 2.42. The SMILES string of the molecule is CCN(CC)CCNC1N=CNc2c1sc1nc(-c3ccccc3)cc(C)c21. The molecule has 146 valence electrons. The Kier molecular flexibility index (Phi) is 5.71. The van der Waals surface area contributed by atoms with E-state index in [1.54, 1.807) is 11.3 Å². The van der Waals surface area contributed by atoms with Gasteiger partial charge >= 0.3 is 0 Å². The van der Waals surface area contributed by atoms with Crippen molar-refractivity contribution >= 4 is 33.6 Å². The van der Waals surface area contributed by atoms with Crippen molar-refractivity contribution in [3.05, 3.63) is 46.8 Å². The Morgan fingerprint density at radius 2 is 1.96 bits per heavy atom. The van der Waals surface area contributed by atoms with Crippen LogP contribution in [0.15, 0.2) is 41.4 Å². The number of thiophene rings is 1. The second kappa shape index (κ2) is 8.39. The first-order valence-electron chi connectivity index (χ1n) is 9.94. The number of anilines is 1. The molecule has 0 amide bonds. The van der Waals surface area contributed by atoms with E-state index in [0.717, 1.165) is 48.0 Å². The molecule has 4 rings (SSSR count). The van der Waals surface area contributed by atoms with Crippen LogP contribution in [0, 0.1) is 6.92 Å². The van der Waals surface area contributed by atoms with Crippen molar-refractivity contribution in [2.75, 3.05) is 31.5 Å². The van der Waals surface area contributed by atoms with E-state index in [4.69, 9.17) is 4.98 Å². The zero-order valence-electron chi connectivity index (χ0n) is 16.7. The summed E-state index contributed by atoms with van der Waals surface area (Å²) in [5.41, 5.74) is 4.57. The maximum atomic E-state index is 4.97. The average molecular weight is 394 g/mol. The summed E-state index contributed by atoms with van der Waals surface area (Å²) in [5.74, 6) is 0. The summed E-state index contributed by atoms with van der Waals surface area (Å²) in [5, 5.41) is 8.18. The van der Waals surface area contributed by atoms with Gasteiger partial charge in [0, 0.05) is 24.0 Å². The molecule has 1 atom stereocenters. The van der Waals surface area contributed by atoms with E-state index >= 15 is 0 Å². The highest BCUT2D eigenvalue weighted by atomic mass is 32.1. The second-order valence-electron chi connectivity index (χ2n) is 7.02. The number of fused-ring (bicyclic) bond motifs is 3. The molecule has 2 aromatic heterocycles. The van der Waals surface area contributed by atoms with Crippen LogP contribution in [0.4, 0.5) is 5.69 Å². The lowest BCUT2D eigenvalue weighted by Gasteiger charge is -2.22. The number of hydrogen-bond acceptors (Lipinski definition) is 6. The van der Waals surface area contributed by atoms with Crippen LogP contribution in [0.3, 0.4) is 0 Å². The predicted molar refractivity (Wildman–Crippen MR) is 120 cm³/mol. The van der Waals surface area contributed by atoms with Gasteiger partial charge in [0.1, 0.15) is 11.0 Å². The van der Waals surface area contributed by atoms with Gasteiger partial charge in [-0.3, -0.25) is 10.3 Å². The van der Waals surface area contributed by atoms with Crippen LogP contribution < -0.4 is 10.6 Å². The first-order valence-corrected chi connectivity index (χ1v) is 10.8. The Morgan fingerprint density at radius 1 is 1.18 bits per heavy atom. The summed E-state index contributed by atoms with van der Waals surface area (Å²) < 4.78 is 0. The normalized spacial score (nSPS) is 15.8. The number of hydrogen-bond donors (Lipinski definition) is 2. The maximum Gasteiger partial charge on any atom is 0.138 e. The van der Waals surface area contributed by atoms with E-state index in [2.05, 4.69) is 71.6 Å². The quantitative estimate of drug-likeness (QED) is 0.613. The molecule has 0 aliphatic carbocycles. The summed E-state index contributed by atoms with van der Waals surface area (Å²) >= 11 is 1.74. The van der Waals surface area contributed by atoms with Crippen LogP contribution in [0.1, 0.15) is 30.5 Å². The Hall–Kier alpha value is -2.28. The molecule has 6 heteroatoms. The maximum absolute atomic E-state index is 4.97. The number of pyridine rings is 1. The summed E-state index contributed by atoms with van der Waals surface area (Å²) in [7, 11) is 0. The van der Waals surface area contributed by atoms with Crippen LogP contribution >= 0.6 is 11.3 Å². The molecule has 0 saturated heterocycles. The monoisotopic (exact) mass is 393 g/mol. The highest BCUT2D eigenvalue weighted by Gasteiger charge is 2.24. The lowest BCUT2D eigenvalue weighted by atomic mass is 10.1. The van der Waals surface area contributed by atoms with Gasteiger partial charge in [0.15, 0.2) is 0 Å². The van der Waals surface area contributed by atoms with Gasteiger partial charge in [0.05, 0.1) is 22.6 Å². The summed E-state index contributed by atoms with van der Waals surface area (Å²) in [4.78, 5) is 14.3. The smallest absolute Gasteiger partial charge is 0.138 e. The van der Waals surface area contributed by atoms with Gasteiger partial charge in [-0.15, -0.1) is 11.3 Å². The number of aliphatic imine (C=N–C) groups is 1. The summed E-state index contributed by atoms with van der Waals surface area (Å²) in [6.45, 7) is 10.7. The molecule has 1 aliphatic heterocycles. The number of nitrogens with zero attached hydrogens (tertiary/aromatic N) is 3. The Bertz CT molecular complexity index is 976. The molecular formula is C22H27N5S. The Morgan fingerprint density at radius 3 is 2.71 bits per heavy atom. The second-order valence-corrected chi connectivity index (χ2v) is 8.05. The number of rotatable bonds is 7. The molecule has 0 radical (unpaired) electrons. The molecule has 1 aromatic carbocycles. The van der Waals surface area contributed by atoms with Crippen molar-refractivity contribution < 1.29 is 0 Å². The number of aromatic nitrogens is 1. The highest BCUT2D eigenvalue weighted by molar-refractivity contribution is 7.19. The minimum absolute atomic E-state index is 0.00872. The number of aryl methyl sites for hydroxylation is 1. The molecule has 3 aromatic rings. The van der Waals surface area contributed by atoms with Crippen molar-refractivity contribution in [2.24, 2.45) is 4.99 Å². The van der Waals surface area contributed by atoms with Crippen LogP contribution in [0.25, 0.3) is 21.5 Å². The topological polar surface area (TPSA) is 52.5 Å². The van der Waals surface area contributed by atoms with E-state index in [9.17, 15) is 0 Å². The van der Waals surface area contributed by atoms with E-state index in [-0.39, 0.29) is 6.17 Å². The van der Waals surface area contributed by atoms with Crippen molar-refractivity contribution in [3.63, 3.8) is 0 Å². The van der Waals surface area contributed by atoms with Gasteiger partial charge in [-0.2, -0.15) is 0 Å². The van der Waals surface area contributed by atoms with Crippen molar-refractivity contribution in [1.82, 2.24) is 15.2 Å². The third-order valence-electron chi connectivity index (χ3n) is 5.30. The Labute approximate surface area is 170 Å². The molecule has 1 aliphatic rings. The van der Waals surface area contributed by atoms with Crippen LogP contribution in [0.2, 0.25) is 0 Å². The summed E-state index contributed by atoms with van der Waals surface area (Å²) in [6, 6.07) is 12.6. The van der Waals surface area contributed by atoms with Crippen molar-refractivity contribution in [1.29, 1.82) is 0 Å². The largest absolute Gasteiger partial charge is 0.345 e. The molecule has 28 heavy (non-hydrogen) atoms. The van der Waals surface area contributed by atoms with Gasteiger partial charge in [-0.05, 0) is 31.6 Å². The van der Waals surface area contributed by atoms with E-state index in [1.165, 1.54) is 15.8 Å². The van der Waals surface area contributed by atoms with E-state index in [1.807, 2.05) is 12.4 Å². The number of nitrogens with one attached hydrogen (secondary N) is 2. The van der Waals surface area contributed by atoms with Gasteiger partial charge in [0.25, 0.3) is 0 Å². The van der Waals surface area contributed by atoms with Gasteiger partial charge in [-0.1, -0.05) is 44.2 Å². The molecule has 1 unspecified atom stereocenters. The molecule has 3 heterocycles. The molecule has 0 bridgehead atoms. The average Bonchev–Trinajstić information content (AvgIpc) is 3.12.